The first-order valence-corrected chi connectivity index (χ1v) is 6.29. The van der Waals surface area contributed by atoms with Crippen molar-refractivity contribution in [3.8, 4) is 0 Å². The number of nitrogens with one attached hydrogen (secondary N) is 1. The molecule has 1 N–H and O–H groups in total. The number of aryl methyl sites for hydroxylation is 1. The highest BCUT2D eigenvalue weighted by atomic mass is 16.5. The Morgan fingerprint density at radius 2 is 2.00 bits per heavy atom. The van der Waals surface area contributed by atoms with Crippen LogP contribution < -0.4 is 5.32 Å². The number of carbonyl (C=O) groups is 2. The van der Waals surface area contributed by atoms with E-state index in [0.29, 0.717) is 5.89 Å². The number of amides is 1. The van der Waals surface area contributed by atoms with Crippen molar-refractivity contribution in [3.05, 3.63) is 11.7 Å². The lowest BCUT2D eigenvalue weighted by atomic mass is 9.86. The SMILES string of the molecule is COC(=O)C1CCC(NC(=O)c2noc(C)n2)CC1. The number of hydrogen-bond donors (Lipinski definition) is 1. The Morgan fingerprint density at radius 1 is 1.32 bits per heavy atom. The summed E-state index contributed by atoms with van der Waals surface area (Å²) in [5.74, 6) is -0.144. The quantitative estimate of drug-likeness (QED) is 0.815. The minimum atomic E-state index is -0.335. The molecule has 1 fully saturated rings. The molecule has 2 rings (SSSR count). The van der Waals surface area contributed by atoms with E-state index in [-0.39, 0.29) is 29.7 Å². The molecule has 0 saturated heterocycles. The molecule has 0 bridgehead atoms. The second-order valence-corrected chi connectivity index (χ2v) is 4.68. The predicted octanol–water partition coefficient (Wildman–Crippen LogP) is 0.840. The molecule has 1 aliphatic rings. The lowest BCUT2D eigenvalue weighted by Gasteiger charge is -2.27. The van der Waals surface area contributed by atoms with Gasteiger partial charge in [-0.15, -0.1) is 0 Å². The van der Waals surface area contributed by atoms with Gasteiger partial charge in [0.05, 0.1) is 13.0 Å². The van der Waals surface area contributed by atoms with Crippen LogP contribution in [0.3, 0.4) is 0 Å². The summed E-state index contributed by atoms with van der Waals surface area (Å²) in [5, 5.41) is 6.42. The molecule has 0 spiro atoms. The highest BCUT2D eigenvalue weighted by Gasteiger charge is 2.28. The Balaban J connectivity index is 1.82. The molecule has 1 aromatic heterocycles. The zero-order valence-electron chi connectivity index (χ0n) is 11.0. The van der Waals surface area contributed by atoms with Gasteiger partial charge in [-0.25, -0.2) is 0 Å². The maximum atomic E-state index is 11.8. The number of carbonyl (C=O) groups excluding carboxylic acids is 2. The second kappa shape index (κ2) is 5.81. The molecular formula is C12H17N3O4. The molecule has 0 atom stereocenters. The zero-order valence-corrected chi connectivity index (χ0v) is 11.0. The van der Waals surface area contributed by atoms with Crippen LogP contribution in [0.2, 0.25) is 0 Å². The molecule has 1 aliphatic carbocycles. The number of nitrogens with zero attached hydrogens (tertiary/aromatic N) is 2. The summed E-state index contributed by atoms with van der Waals surface area (Å²) in [7, 11) is 1.40. The summed E-state index contributed by atoms with van der Waals surface area (Å²) in [6.07, 6.45) is 2.95. The van der Waals surface area contributed by atoms with Crippen molar-refractivity contribution in [2.75, 3.05) is 7.11 Å². The highest BCUT2D eigenvalue weighted by molar-refractivity contribution is 5.90. The summed E-state index contributed by atoms with van der Waals surface area (Å²) in [5.41, 5.74) is 0. The minimum Gasteiger partial charge on any atom is -0.469 e. The number of rotatable bonds is 3. The smallest absolute Gasteiger partial charge is 0.308 e. The molecular weight excluding hydrogens is 250 g/mol. The first-order valence-electron chi connectivity index (χ1n) is 6.29. The third-order valence-electron chi connectivity index (χ3n) is 3.33. The highest BCUT2D eigenvalue weighted by Crippen LogP contribution is 2.25. The third kappa shape index (κ3) is 3.30. The molecule has 19 heavy (non-hydrogen) atoms. The van der Waals surface area contributed by atoms with Crippen molar-refractivity contribution in [1.82, 2.24) is 15.5 Å². The van der Waals surface area contributed by atoms with Crippen molar-refractivity contribution < 1.29 is 18.8 Å². The minimum absolute atomic E-state index is 0.0483. The van der Waals surface area contributed by atoms with Crippen LogP contribution in [0.1, 0.15) is 42.2 Å². The maximum Gasteiger partial charge on any atom is 0.308 e. The van der Waals surface area contributed by atoms with Crippen LogP contribution in [0.5, 0.6) is 0 Å². The molecule has 0 aromatic carbocycles. The first-order chi connectivity index (χ1) is 9.10. The van der Waals surface area contributed by atoms with E-state index in [1.54, 1.807) is 6.92 Å². The standard InChI is InChI=1S/C12H17N3O4/c1-7-13-10(15-19-7)11(16)14-9-5-3-8(4-6-9)12(17)18-2/h8-9H,3-6H2,1-2H3,(H,14,16). The van der Waals surface area contributed by atoms with Gasteiger partial charge in [0, 0.05) is 13.0 Å². The monoisotopic (exact) mass is 267 g/mol. The Kier molecular flexibility index (Phi) is 4.13. The van der Waals surface area contributed by atoms with Crippen LogP contribution in [0.4, 0.5) is 0 Å². The van der Waals surface area contributed by atoms with Gasteiger partial charge < -0.3 is 14.6 Å². The van der Waals surface area contributed by atoms with Gasteiger partial charge in [0.15, 0.2) is 0 Å². The maximum absolute atomic E-state index is 11.8. The van der Waals surface area contributed by atoms with E-state index in [0.717, 1.165) is 25.7 Å². The molecule has 1 saturated carbocycles. The van der Waals surface area contributed by atoms with Gasteiger partial charge in [-0.1, -0.05) is 5.16 Å². The number of esters is 1. The van der Waals surface area contributed by atoms with Gasteiger partial charge in [-0.2, -0.15) is 4.98 Å². The number of aromatic nitrogens is 2. The van der Waals surface area contributed by atoms with E-state index >= 15 is 0 Å². The molecule has 0 radical (unpaired) electrons. The van der Waals surface area contributed by atoms with E-state index in [1.165, 1.54) is 7.11 Å². The molecule has 1 amide bonds. The van der Waals surface area contributed by atoms with Crippen molar-refractivity contribution in [3.63, 3.8) is 0 Å². The van der Waals surface area contributed by atoms with Crippen molar-refractivity contribution in [1.29, 1.82) is 0 Å². The van der Waals surface area contributed by atoms with Crippen molar-refractivity contribution in [2.45, 2.75) is 38.6 Å². The normalized spacial score (nSPS) is 22.8. The Hall–Kier alpha value is -1.92. The number of hydrogen-bond acceptors (Lipinski definition) is 6. The molecule has 7 heteroatoms. The largest absolute Gasteiger partial charge is 0.469 e. The molecule has 1 aromatic rings. The van der Waals surface area contributed by atoms with Gasteiger partial charge in [-0.05, 0) is 25.7 Å². The fourth-order valence-electron chi connectivity index (χ4n) is 2.28. The number of ether oxygens (including phenoxy) is 1. The Labute approximate surface area is 110 Å². The first kappa shape index (κ1) is 13.5. The average molecular weight is 267 g/mol. The molecule has 104 valence electrons. The van der Waals surface area contributed by atoms with E-state index in [1.807, 2.05) is 0 Å². The molecule has 0 unspecified atom stereocenters. The van der Waals surface area contributed by atoms with Crippen LogP contribution in [0.15, 0.2) is 4.52 Å². The van der Waals surface area contributed by atoms with Crippen molar-refractivity contribution in [2.24, 2.45) is 5.92 Å². The molecule has 1 heterocycles. The van der Waals surface area contributed by atoms with Crippen LogP contribution in [-0.2, 0) is 9.53 Å². The zero-order chi connectivity index (χ0) is 13.8. The van der Waals surface area contributed by atoms with E-state index in [4.69, 9.17) is 9.26 Å². The lowest BCUT2D eigenvalue weighted by molar-refractivity contribution is -0.146. The summed E-state index contributed by atoms with van der Waals surface area (Å²) in [4.78, 5) is 27.1. The van der Waals surface area contributed by atoms with Crippen LogP contribution >= 0.6 is 0 Å². The van der Waals surface area contributed by atoms with Gasteiger partial charge in [0.25, 0.3) is 11.7 Å². The topological polar surface area (TPSA) is 94.3 Å². The fraction of sp³-hybridized carbons (Fsp3) is 0.667. The molecule has 7 nitrogen and oxygen atoms in total. The van der Waals surface area contributed by atoms with Crippen LogP contribution in [0.25, 0.3) is 0 Å². The summed E-state index contributed by atoms with van der Waals surface area (Å²) in [6, 6.07) is 0.0483. The summed E-state index contributed by atoms with van der Waals surface area (Å²) in [6.45, 7) is 1.63. The Bertz CT molecular complexity index is 463. The van der Waals surface area contributed by atoms with Crippen LogP contribution in [-0.4, -0.2) is 35.2 Å². The third-order valence-corrected chi connectivity index (χ3v) is 3.33. The van der Waals surface area contributed by atoms with Crippen LogP contribution in [0, 0.1) is 12.8 Å². The second-order valence-electron chi connectivity index (χ2n) is 4.68. The fourth-order valence-corrected chi connectivity index (χ4v) is 2.28. The van der Waals surface area contributed by atoms with Gasteiger partial charge in [-0.3, -0.25) is 9.59 Å². The van der Waals surface area contributed by atoms with E-state index < -0.39 is 0 Å². The van der Waals surface area contributed by atoms with E-state index in [2.05, 4.69) is 15.5 Å². The summed E-state index contributed by atoms with van der Waals surface area (Å²) < 4.78 is 9.47. The van der Waals surface area contributed by atoms with Gasteiger partial charge in [0.2, 0.25) is 5.89 Å². The predicted molar refractivity (Wildman–Crippen MR) is 64.3 cm³/mol. The van der Waals surface area contributed by atoms with Crippen molar-refractivity contribution >= 4 is 11.9 Å². The van der Waals surface area contributed by atoms with Gasteiger partial charge in [0.1, 0.15) is 0 Å². The number of methoxy groups -OCH3 is 1. The van der Waals surface area contributed by atoms with E-state index in [9.17, 15) is 9.59 Å². The lowest BCUT2D eigenvalue weighted by Crippen LogP contribution is -2.39. The van der Waals surface area contributed by atoms with Gasteiger partial charge >= 0.3 is 5.97 Å². The summed E-state index contributed by atoms with van der Waals surface area (Å²) >= 11 is 0. The molecule has 0 aliphatic heterocycles. The Morgan fingerprint density at radius 3 is 2.53 bits per heavy atom. The average Bonchev–Trinajstić information content (AvgIpc) is 2.85.